The quantitative estimate of drug-likeness (QED) is 0.531. The highest BCUT2D eigenvalue weighted by Crippen LogP contribution is 2.24. The largest absolute Gasteiger partial charge is 0.497 e. The van der Waals surface area contributed by atoms with E-state index in [-0.39, 0.29) is 10.8 Å². The Balaban J connectivity index is 1.67. The zero-order valence-corrected chi connectivity index (χ0v) is 15.8. The van der Waals surface area contributed by atoms with Crippen LogP contribution < -0.4 is 10.2 Å². The van der Waals surface area contributed by atoms with Crippen molar-refractivity contribution in [3.05, 3.63) is 99.5 Å². The normalized spacial score (nSPS) is 11.0. The van der Waals surface area contributed by atoms with Crippen LogP contribution in [0.2, 0.25) is 0 Å². The van der Waals surface area contributed by atoms with Gasteiger partial charge < -0.3 is 9.72 Å². The summed E-state index contributed by atoms with van der Waals surface area (Å²) in [6.07, 6.45) is 0.808. The summed E-state index contributed by atoms with van der Waals surface area (Å²) in [6.45, 7) is 1.73. The molecule has 3 nitrogen and oxygen atoms in total. The Morgan fingerprint density at radius 2 is 1.57 bits per heavy atom. The van der Waals surface area contributed by atoms with E-state index in [4.69, 9.17) is 4.74 Å². The first-order valence-corrected chi connectivity index (χ1v) is 9.10. The summed E-state index contributed by atoms with van der Waals surface area (Å²) in [5.74, 6) is 0.342. The van der Waals surface area contributed by atoms with Crippen LogP contribution in [0.3, 0.4) is 0 Å². The summed E-state index contributed by atoms with van der Waals surface area (Å²) in [5, 5.41) is 0.111. The molecule has 1 aromatic heterocycles. The fraction of sp³-hybridized carbons (Fsp3) is 0.125. The van der Waals surface area contributed by atoms with E-state index in [9.17, 15) is 9.18 Å². The van der Waals surface area contributed by atoms with Crippen molar-refractivity contribution in [2.45, 2.75) is 13.3 Å². The van der Waals surface area contributed by atoms with Crippen LogP contribution in [0.15, 0.2) is 71.5 Å². The number of benzene rings is 3. The van der Waals surface area contributed by atoms with Crippen molar-refractivity contribution in [3.63, 3.8) is 0 Å². The molecule has 0 unspecified atom stereocenters. The van der Waals surface area contributed by atoms with Gasteiger partial charge >= 0.3 is 0 Å². The molecule has 3 aromatic carbocycles. The summed E-state index contributed by atoms with van der Waals surface area (Å²) in [5.41, 5.74) is 4.73. The Hall–Kier alpha value is -3.40. The molecule has 0 atom stereocenters. The predicted molar refractivity (Wildman–Crippen MR) is 110 cm³/mol. The molecule has 4 rings (SSSR count). The van der Waals surface area contributed by atoms with Crippen LogP contribution in [0.4, 0.5) is 4.39 Å². The number of fused-ring (bicyclic) bond motifs is 1. The molecular formula is C24H20FNO2. The second kappa shape index (κ2) is 7.31. The second-order valence-electron chi connectivity index (χ2n) is 6.84. The van der Waals surface area contributed by atoms with Crippen molar-refractivity contribution in [2.24, 2.45) is 0 Å². The molecule has 140 valence electrons. The first-order chi connectivity index (χ1) is 13.6. The van der Waals surface area contributed by atoms with Gasteiger partial charge in [-0.1, -0.05) is 42.5 Å². The Labute approximate surface area is 162 Å². The molecule has 0 aliphatic rings. The van der Waals surface area contributed by atoms with Crippen LogP contribution in [0, 0.1) is 12.7 Å². The summed E-state index contributed by atoms with van der Waals surface area (Å²) in [6, 6.07) is 20.7. The molecule has 0 fully saturated rings. The number of nitrogens with one attached hydrogen (secondary N) is 1. The molecular weight excluding hydrogens is 353 g/mol. The molecule has 4 heteroatoms. The highest BCUT2D eigenvalue weighted by molar-refractivity contribution is 5.83. The van der Waals surface area contributed by atoms with Gasteiger partial charge in [-0.3, -0.25) is 4.79 Å². The Morgan fingerprint density at radius 1 is 0.929 bits per heavy atom. The van der Waals surface area contributed by atoms with Gasteiger partial charge in [0, 0.05) is 5.56 Å². The molecule has 1 N–H and O–H groups in total. The average molecular weight is 373 g/mol. The van der Waals surface area contributed by atoms with Gasteiger partial charge in [-0.2, -0.15) is 0 Å². The lowest BCUT2D eigenvalue weighted by atomic mass is 10.00. The lowest BCUT2D eigenvalue weighted by molar-refractivity contribution is 0.414. The molecule has 0 bridgehead atoms. The molecule has 0 aliphatic carbocycles. The smallest absolute Gasteiger partial charge is 0.195 e. The lowest BCUT2D eigenvalue weighted by Gasteiger charge is -2.10. The monoisotopic (exact) mass is 373 g/mol. The number of aromatic nitrogens is 1. The SMILES string of the molecule is COc1ccc(Cc2ccc(-c3[nH]c4cccc(F)c4c(=O)c3C)cc2)cc1. The second-order valence-corrected chi connectivity index (χ2v) is 6.84. The van der Waals surface area contributed by atoms with Gasteiger partial charge in [0.25, 0.3) is 0 Å². The van der Waals surface area contributed by atoms with Crippen LogP contribution in [-0.2, 0) is 6.42 Å². The zero-order chi connectivity index (χ0) is 19.7. The van der Waals surface area contributed by atoms with Crippen molar-refractivity contribution in [1.82, 2.24) is 4.98 Å². The van der Waals surface area contributed by atoms with Crippen molar-refractivity contribution < 1.29 is 9.13 Å². The maximum atomic E-state index is 14.0. The van der Waals surface area contributed by atoms with Crippen molar-refractivity contribution in [3.8, 4) is 17.0 Å². The third kappa shape index (κ3) is 3.29. The number of rotatable bonds is 4. The first-order valence-electron chi connectivity index (χ1n) is 9.10. The number of halogens is 1. The molecule has 28 heavy (non-hydrogen) atoms. The number of hydrogen-bond acceptors (Lipinski definition) is 2. The van der Waals surface area contributed by atoms with Crippen molar-refractivity contribution in [1.29, 1.82) is 0 Å². The minimum Gasteiger partial charge on any atom is -0.497 e. The van der Waals surface area contributed by atoms with E-state index in [1.165, 1.54) is 17.2 Å². The van der Waals surface area contributed by atoms with Crippen molar-refractivity contribution in [2.75, 3.05) is 7.11 Å². The Bertz CT molecular complexity index is 1190. The van der Waals surface area contributed by atoms with E-state index >= 15 is 0 Å². The minimum atomic E-state index is -0.497. The van der Waals surface area contributed by atoms with Crippen LogP contribution in [0.25, 0.3) is 22.2 Å². The maximum absolute atomic E-state index is 14.0. The molecule has 0 aliphatic heterocycles. The van der Waals surface area contributed by atoms with Gasteiger partial charge in [-0.15, -0.1) is 0 Å². The van der Waals surface area contributed by atoms with Crippen LogP contribution in [0.1, 0.15) is 16.7 Å². The van der Waals surface area contributed by atoms with E-state index < -0.39 is 5.82 Å². The van der Waals surface area contributed by atoms with E-state index in [0.717, 1.165) is 23.4 Å². The number of aromatic amines is 1. The predicted octanol–water partition coefficient (Wildman–Crippen LogP) is 5.24. The first kappa shape index (κ1) is 18.0. The molecule has 0 radical (unpaired) electrons. The molecule has 0 spiro atoms. The number of ether oxygens (including phenoxy) is 1. The van der Waals surface area contributed by atoms with E-state index in [1.54, 1.807) is 26.2 Å². The van der Waals surface area contributed by atoms with Gasteiger partial charge in [0.2, 0.25) is 0 Å². The molecule has 0 saturated carbocycles. The molecule has 1 heterocycles. The van der Waals surface area contributed by atoms with Gasteiger partial charge in [-0.25, -0.2) is 4.39 Å². The number of H-pyrrole nitrogens is 1. The summed E-state index contributed by atoms with van der Waals surface area (Å²) in [4.78, 5) is 15.9. The fourth-order valence-electron chi connectivity index (χ4n) is 3.45. The molecule has 0 amide bonds. The van der Waals surface area contributed by atoms with Gasteiger partial charge in [0.05, 0.1) is 23.7 Å². The van der Waals surface area contributed by atoms with E-state index in [1.807, 2.05) is 48.5 Å². The van der Waals surface area contributed by atoms with Crippen molar-refractivity contribution >= 4 is 10.9 Å². The lowest BCUT2D eigenvalue weighted by Crippen LogP contribution is -2.11. The number of hydrogen-bond donors (Lipinski definition) is 1. The molecule has 0 saturated heterocycles. The Kier molecular flexibility index (Phi) is 4.70. The third-order valence-corrected chi connectivity index (χ3v) is 5.03. The average Bonchev–Trinajstić information content (AvgIpc) is 2.72. The molecule has 4 aromatic rings. The van der Waals surface area contributed by atoms with Gasteiger partial charge in [0.15, 0.2) is 5.43 Å². The van der Waals surface area contributed by atoms with Crippen LogP contribution in [0.5, 0.6) is 5.75 Å². The Morgan fingerprint density at radius 3 is 2.21 bits per heavy atom. The van der Waals surface area contributed by atoms with Crippen LogP contribution in [-0.4, -0.2) is 12.1 Å². The zero-order valence-electron chi connectivity index (χ0n) is 15.8. The fourth-order valence-corrected chi connectivity index (χ4v) is 3.45. The number of methoxy groups -OCH3 is 1. The summed E-state index contributed by atoms with van der Waals surface area (Å²) in [7, 11) is 1.65. The summed E-state index contributed by atoms with van der Waals surface area (Å²) >= 11 is 0. The minimum absolute atomic E-state index is 0.111. The maximum Gasteiger partial charge on any atom is 0.195 e. The third-order valence-electron chi connectivity index (χ3n) is 5.03. The van der Waals surface area contributed by atoms with Crippen LogP contribution >= 0.6 is 0 Å². The van der Waals surface area contributed by atoms with E-state index in [2.05, 4.69) is 4.98 Å². The highest BCUT2D eigenvalue weighted by Gasteiger charge is 2.13. The summed E-state index contributed by atoms with van der Waals surface area (Å²) < 4.78 is 19.2. The number of pyridine rings is 1. The standard InChI is InChI=1S/C24H20FNO2/c1-15-23(26-21-5-3-4-20(25)22(21)24(15)27)18-10-6-16(7-11-18)14-17-8-12-19(28-2)13-9-17/h3-13H,14H2,1-2H3,(H,26,27). The van der Waals surface area contributed by atoms with Gasteiger partial charge in [-0.05, 0) is 54.3 Å². The van der Waals surface area contributed by atoms with Gasteiger partial charge in [0.1, 0.15) is 11.6 Å². The topological polar surface area (TPSA) is 42.1 Å². The van der Waals surface area contributed by atoms with E-state index in [0.29, 0.717) is 11.1 Å². The highest BCUT2D eigenvalue weighted by atomic mass is 19.1.